The van der Waals surface area contributed by atoms with Crippen LogP contribution < -0.4 is 4.74 Å². The topological polar surface area (TPSA) is 61.3 Å². The van der Waals surface area contributed by atoms with Crippen molar-refractivity contribution in [3.63, 3.8) is 0 Å². The largest absolute Gasteiger partial charge is 0.465 e. The van der Waals surface area contributed by atoms with Crippen molar-refractivity contribution in [1.82, 2.24) is 9.97 Å². The number of halogens is 1. The van der Waals surface area contributed by atoms with Crippen LogP contribution in [0.5, 0.6) is 11.6 Å². The molecule has 2 aromatic rings. The quantitative estimate of drug-likeness (QED) is 0.628. The van der Waals surface area contributed by atoms with Crippen LogP contribution in [0.25, 0.3) is 0 Å². The lowest BCUT2D eigenvalue weighted by Gasteiger charge is -2.13. The van der Waals surface area contributed by atoms with E-state index in [-0.39, 0.29) is 11.4 Å². The molecule has 0 unspecified atom stereocenters. The lowest BCUT2D eigenvalue weighted by Crippen LogP contribution is -2.09. The van der Waals surface area contributed by atoms with Crippen LogP contribution in [-0.2, 0) is 4.74 Å². The Morgan fingerprint density at radius 1 is 1.17 bits per heavy atom. The van der Waals surface area contributed by atoms with Gasteiger partial charge in [0, 0.05) is 6.20 Å². The van der Waals surface area contributed by atoms with E-state index in [2.05, 4.69) is 9.97 Å². The highest BCUT2D eigenvalue weighted by atomic mass is 19.1. The molecule has 0 amide bonds. The summed E-state index contributed by atoms with van der Waals surface area (Å²) in [5, 5.41) is 0. The molecule has 0 aromatic carbocycles. The van der Waals surface area contributed by atoms with E-state index in [0.29, 0.717) is 11.4 Å². The smallest absolute Gasteiger partial charge is 0.343 e. The number of methoxy groups -OCH3 is 1. The summed E-state index contributed by atoms with van der Waals surface area (Å²) in [5.41, 5.74) is 2.18. The van der Waals surface area contributed by atoms with Crippen LogP contribution in [-0.4, -0.2) is 23.0 Å². The van der Waals surface area contributed by atoms with Gasteiger partial charge >= 0.3 is 5.97 Å². The van der Waals surface area contributed by atoms with Crippen molar-refractivity contribution in [2.24, 2.45) is 0 Å². The van der Waals surface area contributed by atoms with Gasteiger partial charge in [-0.15, -0.1) is 0 Å². The van der Waals surface area contributed by atoms with E-state index >= 15 is 0 Å². The lowest BCUT2D eigenvalue weighted by molar-refractivity contribution is 0.0596. The van der Waals surface area contributed by atoms with Crippen molar-refractivity contribution in [1.29, 1.82) is 0 Å². The van der Waals surface area contributed by atoms with E-state index < -0.39 is 11.9 Å². The third kappa shape index (κ3) is 4.25. The van der Waals surface area contributed by atoms with E-state index in [1.165, 1.54) is 19.2 Å². The van der Waals surface area contributed by atoms with Crippen molar-refractivity contribution in [3.8, 4) is 11.6 Å². The van der Waals surface area contributed by atoms with Crippen LogP contribution in [0.3, 0.4) is 0 Å². The fourth-order valence-corrected chi connectivity index (χ4v) is 1.82. The molecule has 2 heterocycles. The Hall–Kier alpha value is -2.50. The normalized spacial score (nSPS) is 9.70. The molecule has 0 spiro atoms. The van der Waals surface area contributed by atoms with Gasteiger partial charge < -0.3 is 9.47 Å². The van der Waals surface area contributed by atoms with Gasteiger partial charge in [0.2, 0.25) is 11.8 Å². The molecule has 2 aromatic heterocycles. The first-order valence-electron chi connectivity index (χ1n) is 7.29. The monoisotopic (exact) mass is 320 g/mol. The molecule has 5 nitrogen and oxygen atoms in total. The zero-order valence-corrected chi connectivity index (χ0v) is 14.2. The van der Waals surface area contributed by atoms with Gasteiger partial charge in [0.15, 0.2) is 5.75 Å². The Kier molecular flexibility index (Phi) is 6.63. The van der Waals surface area contributed by atoms with Crippen molar-refractivity contribution in [2.45, 2.75) is 34.6 Å². The Balaban J connectivity index is 0.00000127. The van der Waals surface area contributed by atoms with Crippen LogP contribution in [0.15, 0.2) is 18.3 Å². The first-order valence-corrected chi connectivity index (χ1v) is 7.29. The summed E-state index contributed by atoms with van der Waals surface area (Å²) in [6.45, 7) is 9.23. The predicted octanol–water partition coefficient (Wildman–Crippen LogP) is 4.15. The number of aromatic nitrogens is 2. The highest BCUT2D eigenvalue weighted by Gasteiger charge is 2.20. The van der Waals surface area contributed by atoms with Gasteiger partial charge in [0.1, 0.15) is 5.56 Å². The van der Waals surface area contributed by atoms with Gasteiger partial charge in [-0.2, -0.15) is 4.39 Å². The molecule has 0 bridgehead atoms. The molecule has 2 rings (SSSR count). The molecule has 0 saturated carbocycles. The lowest BCUT2D eigenvalue weighted by atomic mass is 10.1. The maximum absolute atomic E-state index is 13.0. The van der Waals surface area contributed by atoms with Crippen molar-refractivity contribution in [3.05, 3.63) is 46.7 Å². The summed E-state index contributed by atoms with van der Waals surface area (Å²) in [7, 11) is 1.29. The minimum Gasteiger partial charge on any atom is -0.465 e. The molecule has 0 aliphatic rings. The molecule has 124 valence electrons. The Morgan fingerprint density at radius 3 is 2.39 bits per heavy atom. The summed E-state index contributed by atoms with van der Waals surface area (Å²) < 4.78 is 23.4. The molecule has 0 fully saturated rings. The number of carbonyl (C=O) groups is 1. The zero-order valence-electron chi connectivity index (χ0n) is 14.2. The van der Waals surface area contributed by atoms with Crippen molar-refractivity contribution >= 4 is 5.97 Å². The van der Waals surface area contributed by atoms with Crippen LogP contribution in [0, 0.1) is 26.7 Å². The molecule has 23 heavy (non-hydrogen) atoms. The van der Waals surface area contributed by atoms with Gasteiger partial charge in [-0.05, 0) is 44.0 Å². The van der Waals surface area contributed by atoms with Gasteiger partial charge in [-0.25, -0.2) is 14.8 Å². The van der Waals surface area contributed by atoms with Crippen molar-refractivity contribution < 1.29 is 18.7 Å². The summed E-state index contributed by atoms with van der Waals surface area (Å²) in [6, 6.07) is 2.62. The second-order valence-electron chi connectivity index (χ2n) is 4.56. The maximum Gasteiger partial charge on any atom is 0.343 e. The SMILES string of the molecule is CC.COC(=O)c1c(Oc2ccc(F)nc2C)ncc(C)c1C. The maximum atomic E-state index is 13.0. The first-order chi connectivity index (χ1) is 10.9. The van der Waals surface area contributed by atoms with Crippen LogP contribution >= 0.6 is 0 Å². The number of nitrogens with zero attached hydrogens (tertiary/aromatic N) is 2. The predicted molar refractivity (Wildman–Crippen MR) is 85.4 cm³/mol. The van der Waals surface area contributed by atoms with Crippen LogP contribution in [0.1, 0.15) is 41.0 Å². The third-order valence-corrected chi connectivity index (χ3v) is 3.16. The molecular formula is C17H21FN2O3. The average Bonchev–Trinajstić information content (AvgIpc) is 2.55. The number of rotatable bonds is 3. The van der Waals surface area contributed by atoms with E-state index in [9.17, 15) is 9.18 Å². The van der Waals surface area contributed by atoms with Gasteiger partial charge in [0.05, 0.1) is 12.8 Å². The molecule has 0 aliphatic heterocycles. The molecule has 0 aliphatic carbocycles. The summed E-state index contributed by atoms with van der Waals surface area (Å²) in [4.78, 5) is 19.7. The van der Waals surface area contributed by atoms with E-state index in [1.54, 1.807) is 20.0 Å². The van der Waals surface area contributed by atoms with Crippen molar-refractivity contribution in [2.75, 3.05) is 7.11 Å². The minimum atomic E-state index is -0.596. The Morgan fingerprint density at radius 2 is 1.83 bits per heavy atom. The summed E-state index contributed by atoms with van der Waals surface area (Å²) in [5.74, 6) is -0.689. The summed E-state index contributed by atoms with van der Waals surface area (Å²) >= 11 is 0. The van der Waals surface area contributed by atoms with E-state index in [0.717, 1.165) is 11.1 Å². The highest BCUT2D eigenvalue weighted by molar-refractivity contribution is 5.93. The molecule has 0 radical (unpaired) electrons. The number of ether oxygens (including phenoxy) is 2. The van der Waals surface area contributed by atoms with Gasteiger partial charge in [0.25, 0.3) is 0 Å². The number of hydrogen-bond donors (Lipinski definition) is 0. The van der Waals surface area contributed by atoms with E-state index in [1.807, 2.05) is 20.8 Å². The van der Waals surface area contributed by atoms with Gasteiger partial charge in [-0.1, -0.05) is 13.8 Å². The molecule has 0 atom stereocenters. The number of aryl methyl sites for hydroxylation is 2. The van der Waals surface area contributed by atoms with Crippen LogP contribution in [0.4, 0.5) is 4.39 Å². The van der Waals surface area contributed by atoms with E-state index in [4.69, 9.17) is 9.47 Å². The van der Waals surface area contributed by atoms with Gasteiger partial charge in [-0.3, -0.25) is 0 Å². The number of pyridine rings is 2. The minimum absolute atomic E-state index is 0.112. The molecule has 6 heteroatoms. The Labute approximate surface area is 135 Å². The highest BCUT2D eigenvalue weighted by Crippen LogP contribution is 2.28. The first kappa shape index (κ1) is 18.5. The second-order valence-corrected chi connectivity index (χ2v) is 4.56. The molecule has 0 saturated heterocycles. The standard InChI is InChI=1S/C15H15FN2O3.C2H6/c1-8-7-17-14(13(9(8)2)15(19)20-4)21-11-5-6-12(16)18-10(11)3;1-2/h5-7H,1-4H3;1-2H3. The number of hydrogen-bond acceptors (Lipinski definition) is 5. The second kappa shape index (κ2) is 8.22. The fourth-order valence-electron chi connectivity index (χ4n) is 1.82. The summed E-state index contributed by atoms with van der Waals surface area (Å²) in [6.07, 6.45) is 1.60. The van der Waals surface area contributed by atoms with Crippen LogP contribution in [0.2, 0.25) is 0 Å². The molecule has 0 N–H and O–H groups in total. The number of carbonyl (C=O) groups excluding carboxylic acids is 1. The Bertz CT molecular complexity index is 702. The molecular weight excluding hydrogens is 299 g/mol. The number of esters is 1. The zero-order chi connectivity index (χ0) is 17.6. The third-order valence-electron chi connectivity index (χ3n) is 3.16. The average molecular weight is 320 g/mol. The fraction of sp³-hybridized carbons (Fsp3) is 0.353.